The van der Waals surface area contributed by atoms with Gasteiger partial charge in [-0.05, 0) is 24.4 Å². The first-order valence-electron chi connectivity index (χ1n) is 7.89. The van der Waals surface area contributed by atoms with E-state index in [0.717, 1.165) is 17.7 Å². The van der Waals surface area contributed by atoms with E-state index in [1.165, 1.54) is 6.07 Å². The number of nitrogens with zero attached hydrogens (tertiary/aromatic N) is 1. The third kappa shape index (κ3) is 4.35. The van der Waals surface area contributed by atoms with Crippen LogP contribution in [0.15, 0.2) is 44.9 Å². The SMILES string of the molecule is Cc1cc(OC2CCN(C(=O)C=Cc3cccs3)CC2)cc(=O)o1. The van der Waals surface area contributed by atoms with Gasteiger partial charge in [0.2, 0.25) is 5.91 Å². The van der Waals surface area contributed by atoms with Crippen molar-refractivity contribution in [2.75, 3.05) is 13.1 Å². The lowest BCUT2D eigenvalue weighted by Gasteiger charge is -2.31. The Morgan fingerprint density at radius 1 is 1.38 bits per heavy atom. The second-order valence-electron chi connectivity index (χ2n) is 5.71. The molecule has 6 heteroatoms. The van der Waals surface area contributed by atoms with E-state index in [4.69, 9.17) is 9.15 Å². The summed E-state index contributed by atoms with van der Waals surface area (Å²) in [5.74, 6) is 1.09. The Hall–Kier alpha value is -2.34. The summed E-state index contributed by atoms with van der Waals surface area (Å²) in [4.78, 5) is 26.5. The van der Waals surface area contributed by atoms with Gasteiger partial charge in [0, 0.05) is 43.0 Å². The molecule has 0 saturated carbocycles. The molecule has 0 aromatic carbocycles. The molecule has 1 saturated heterocycles. The molecule has 2 aromatic rings. The zero-order chi connectivity index (χ0) is 16.9. The van der Waals surface area contributed by atoms with Crippen LogP contribution in [0, 0.1) is 6.92 Å². The van der Waals surface area contributed by atoms with Crippen molar-refractivity contribution in [3.63, 3.8) is 0 Å². The first-order chi connectivity index (χ1) is 11.6. The highest BCUT2D eigenvalue weighted by Gasteiger charge is 2.23. The zero-order valence-electron chi connectivity index (χ0n) is 13.4. The molecular weight excluding hydrogens is 326 g/mol. The third-order valence-corrected chi connectivity index (χ3v) is 4.69. The second-order valence-corrected chi connectivity index (χ2v) is 6.69. The molecule has 5 nitrogen and oxygen atoms in total. The van der Waals surface area contributed by atoms with Crippen LogP contribution in [0.5, 0.6) is 5.75 Å². The van der Waals surface area contributed by atoms with Crippen LogP contribution in [0.1, 0.15) is 23.5 Å². The standard InChI is InChI=1S/C18H19NO4S/c1-13-11-15(12-18(21)22-13)23-14-6-8-19(9-7-14)17(20)5-4-16-3-2-10-24-16/h2-5,10-12,14H,6-9H2,1H3. The fraction of sp³-hybridized carbons (Fsp3) is 0.333. The van der Waals surface area contributed by atoms with E-state index in [-0.39, 0.29) is 12.0 Å². The van der Waals surface area contributed by atoms with Crippen LogP contribution in [-0.4, -0.2) is 30.0 Å². The number of ether oxygens (including phenoxy) is 1. The monoisotopic (exact) mass is 345 g/mol. The number of aryl methyl sites for hydroxylation is 1. The van der Waals surface area contributed by atoms with Gasteiger partial charge in [-0.3, -0.25) is 4.79 Å². The summed E-state index contributed by atoms with van der Waals surface area (Å²) in [5.41, 5.74) is -0.406. The Morgan fingerprint density at radius 3 is 2.83 bits per heavy atom. The van der Waals surface area contributed by atoms with Crippen molar-refractivity contribution in [1.82, 2.24) is 4.90 Å². The minimum absolute atomic E-state index is 0.0107. The molecule has 0 radical (unpaired) electrons. The number of rotatable bonds is 4. The zero-order valence-corrected chi connectivity index (χ0v) is 14.3. The van der Waals surface area contributed by atoms with Crippen LogP contribution in [0.25, 0.3) is 6.08 Å². The topological polar surface area (TPSA) is 59.8 Å². The lowest BCUT2D eigenvalue weighted by molar-refractivity contribution is -0.127. The normalized spacial score (nSPS) is 15.8. The van der Waals surface area contributed by atoms with Crippen molar-refractivity contribution < 1.29 is 13.9 Å². The molecular formula is C18H19NO4S. The van der Waals surface area contributed by atoms with Gasteiger partial charge in [-0.15, -0.1) is 11.3 Å². The molecule has 2 aromatic heterocycles. The highest BCUT2D eigenvalue weighted by atomic mass is 32.1. The molecule has 0 unspecified atom stereocenters. The van der Waals surface area contributed by atoms with Crippen LogP contribution >= 0.6 is 11.3 Å². The number of piperidine rings is 1. The van der Waals surface area contributed by atoms with Crippen molar-refractivity contribution in [2.45, 2.75) is 25.9 Å². The van der Waals surface area contributed by atoms with Gasteiger partial charge in [-0.1, -0.05) is 6.07 Å². The Kier molecular flexibility index (Phi) is 5.15. The highest BCUT2D eigenvalue weighted by Crippen LogP contribution is 2.19. The van der Waals surface area contributed by atoms with Gasteiger partial charge in [-0.2, -0.15) is 0 Å². The van der Waals surface area contributed by atoms with Gasteiger partial charge in [-0.25, -0.2) is 4.79 Å². The first kappa shape index (κ1) is 16.5. The number of hydrogen-bond acceptors (Lipinski definition) is 5. The average molecular weight is 345 g/mol. The number of carbonyl (C=O) groups is 1. The third-order valence-electron chi connectivity index (χ3n) is 3.86. The van der Waals surface area contributed by atoms with Gasteiger partial charge in [0.1, 0.15) is 17.6 Å². The van der Waals surface area contributed by atoms with Crippen LogP contribution in [0.2, 0.25) is 0 Å². The van der Waals surface area contributed by atoms with Gasteiger partial charge in [0.15, 0.2) is 0 Å². The Balaban J connectivity index is 1.52. The molecule has 0 aliphatic carbocycles. The molecule has 0 N–H and O–H groups in total. The van der Waals surface area contributed by atoms with E-state index in [9.17, 15) is 9.59 Å². The molecule has 0 atom stereocenters. The number of carbonyl (C=O) groups excluding carboxylic acids is 1. The predicted molar refractivity (Wildman–Crippen MR) is 93.3 cm³/mol. The van der Waals surface area contributed by atoms with Gasteiger partial charge >= 0.3 is 5.63 Å². The lowest BCUT2D eigenvalue weighted by atomic mass is 10.1. The number of hydrogen-bond donors (Lipinski definition) is 0. The van der Waals surface area contributed by atoms with E-state index in [2.05, 4.69) is 0 Å². The van der Waals surface area contributed by atoms with Gasteiger partial charge in [0.05, 0.1) is 6.07 Å². The average Bonchev–Trinajstić information content (AvgIpc) is 3.06. The minimum Gasteiger partial charge on any atom is -0.490 e. The maximum absolute atomic E-state index is 12.2. The molecule has 126 valence electrons. The van der Waals surface area contributed by atoms with Crippen molar-refractivity contribution in [3.05, 3.63) is 56.8 Å². The summed E-state index contributed by atoms with van der Waals surface area (Å²) in [7, 11) is 0. The lowest BCUT2D eigenvalue weighted by Crippen LogP contribution is -2.41. The minimum atomic E-state index is -0.406. The largest absolute Gasteiger partial charge is 0.490 e. The number of likely N-dealkylation sites (tertiary alicyclic amines) is 1. The van der Waals surface area contributed by atoms with Crippen LogP contribution < -0.4 is 10.4 Å². The number of amides is 1. The molecule has 1 aliphatic rings. The van der Waals surface area contributed by atoms with Crippen molar-refractivity contribution in [2.24, 2.45) is 0 Å². The fourth-order valence-electron chi connectivity index (χ4n) is 2.68. The first-order valence-corrected chi connectivity index (χ1v) is 8.77. The molecule has 24 heavy (non-hydrogen) atoms. The smallest absolute Gasteiger partial charge is 0.339 e. The van der Waals surface area contributed by atoms with Crippen LogP contribution in [0.3, 0.4) is 0 Å². The Labute approximate surface area is 144 Å². The molecule has 1 amide bonds. The summed E-state index contributed by atoms with van der Waals surface area (Å²) in [5, 5.41) is 1.98. The Bertz CT molecular complexity index is 771. The Morgan fingerprint density at radius 2 is 2.17 bits per heavy atom. The summed E-state index contributed by atoms with van der Waals surface area (Å²) in [6.45, 7) is 3.02. The number of thiophene rings is 1. The van der Waals surface area contributed by atoms with Gasteiger partial charge in [0.25, 0.3) is 0 Å². The van der Waals surface area contributed by atoms with Crippen LogP contribution in [-0.2, 0) is 4.79 Å². The summed E-state index contributed by atoms with van der Waals surface area (Å²) >= 11 is 1.60. The van der Waals surface area contributed by atoms with E-state index in [1.807, 2.05) is 28.5 Å². The molecule has 1 fully saturated rings. The van der Waals surface area contributed by atoms with Crippen molar-refractivity contribution >= 4 is 23.3 Å². The van der Waals surface area contributed by atoms with E-state index in [0.29, 0.717) is 24.6 Å². The van der Waals surface area contributed by atoms with E-state index < -0.39 is 5.63 Å². The van der Waals surface area contributed by atoms with Crippen LogP contribution in [0.4, 0.5) is 0 Å². The quantitative estimate of drug-likeness (QED) is 0.799. The maximum atomic E-state index is 12.2. The van der Waals surface area contributed by atoms with Crippen molar-refractivity contribution in [1.29, 1.82) is 0 Å². The molecule has 3 rings (SSSR count). The van der Waals surface area contributed by atoms with E-state index in [1.54, 1.807) is 30.4 Å². The second kappa shape index (κ2) is 7.49. The predicted octanol–water partition coefficient (Wildman–Crippen LogP) is 3.09. The maximum Gasteiger partial charge on any atom is 0.339 e. The molecule has 3 heterocycles. The van der Waals surface area contributed by atoms with Gasteiger partial charge < -0.3 is 14.1 Å². The molecule has 0 spiro atoms. The van der Waals surface area contributed by atoms with E-state index >= 15 is 0 Å². The fourth-order valence-corrected chi connectivity index (χ4v) is 3.29. The molecule has 1 aliphatic heterocycles. The molecule has 0 bridgehead atoms. The van der Waals surface area contributed by atoms with Crippen molar-refractivity contribution in [3.8, 4) is 5.75 Å². The summed E-state index contributed by atoms with van der Waals surface area (Å²) in [6.07, 6.45) is 4.98. The summed E-state index contributed by atoms with van der Waals surface area (Å²) in [6, 6.07) is 7.01. The highest BCUT2D eigenvalue weighted by molar-refractivity contribution is 7.10. The summed E-state index contributed by atoms with van der Waals surface area (Å²) < 4.78 is 10.8.